The maximum atomic E-state index is 13.9. The summed E-state index contributed by atoms with van der Waals surface area (Å²) in [6, 6.07) is 11.0. The fourth-order valence-electron chi connectivity index (χ4n) is 2.76. The molecule has 0 bridgehead atoms. The van der Waals surface area contributed by atoms with E-state index in [1.54, 1.807) is 6.07 Å². The second-order valence-corrected chi connectivity index (χ2v) is 8.50. The molecule has 3 aromatic rings. The molecule has 1 N–H and O–H groups in total. The van der Waals surface area contributed by atoms with Gasteiger partial charge in [0.15, 0.2) is 11.5 Å². The van der Waals surface area contributed by atoms with Crippen molar-refractivity contribution in [1.29, 1.82) is 0 Å². The van der Waals surface area contributed by atoms with E-state index in [1.807, 2.05) is 0 Å². The minimum atomic E-state index is -4.90. The molecule has 0 aliphatic heterocycles. The number of anilines is 1. The molecule has 5 nitrogen and oxygen atoms in total. The summed E-state index contributed by atoms with van der Waals surface area (Å²) in [6.07, 6.45) is 0.274. The van der Waals surface area contributed by atoms with Gasteiger partial charge in [-0.1, -0.05) is 53.4 Å². The Morgan fingerprint density at radius 1 is 1.13 bits per heavy atom. The lowest BCUT2D eigenvalue weighted by atomic mass is 10.0. The van der Waals surface area contributed by atoms with E-state index in [2.05, 4.69) is 15.7 Å². The molecule has 0 amide bonds. The smallest absolute Gasteiger partial charge is 0.261 e. The number of benzene rings is 2. The van der Waals surface area contributed by atoms with Crippen LogP contribution in [0.5, 0.6) is 0 Å². The number of aromatic nitrogens is 2. The van der Waals surface area contributed by atoms with Gasteiger partial charge in [-0.25, -0.2) is 13.1 Å². The van der Waals surface area contributed by atoms with Gasteiger partial charge in [-0.05, 0) is 24.3 Å². The highest BCUT2D eigenvalue weighted by molar-refractivity contribution is 7.92. The maximum absolute atomic E-state index is 13.9. The molecule has 0 radical (unpaired) electrons. The summed E-state index contributed by atoms with van der Waals surface area (Å²) in [7, 11) is -4.24. The number of hydrogen-bond donors (Lipinski definition) is 1. The zero-order valence-electron chi connectivity index (χ0n) is 14.9. The molecule has 0 spiro atoms. The van der Waals surface area contributed by atoms with Crippen LogP contribution in [0.15, 0.2) is 53.4 Å². The normalized spacial score (nSPS) is 11.9. The van der Waals surface area contributed by atoms with E-state index in [0.29, 0.717) is 4.68 Å². The number of terminal acetylenes is 1. The van der Waals surface area contributed by atoms with Crippen LogP contribution < -0.4 is 4.72 Å². The van der Waals surface area contributed by atoms with Crippen LogP contribution in [0.25, 0.3) is 11.1 Å². The first kappa shape index (κ1) is 22.0. The number of sulfonamides is 1. The number of halogens is 5. The lowest BCUT2D eigenvalue weighted by molar-refractivity contribution is -0.143. The molecule has 30 heavy (non-hydrogen) atoms. The molecule has 2 aromatic carbocycles. The minimum Gasteiger partial charge on any atom is -0.261 e. The van der Waals surface area contributed by atoms with Gasteiger partial charge in [-0.3, -0.25) is 4.72 Å². The van der Waals surface area contributed by atoms with Crippen molar-refractivity contribution in [3.05, 3.63) is 64.3 Å². The quantitative estimate of drug-likeness (QED) is 0.510. The highest BCUT2D eigenvalue weighted by Gasteiger charge is 2.41. The lowest BCUT2D eigenvalue weighted by Crippen LogP contribution is -2.15. The Labute approximate surface area is 180 Å². The molecular weight excluding hydrogens is 462 g/mol. The Morgan fingerprint density at radius 3 is 2.37 bits per heavy atom. The fourth-order valence-corrected chi connectivity index (χ4v) is 4.29. The lowest BCUT2D eigenvalue weighted by Gasteiger charge is -2.13. The van der Waals surface area contributed by atoms with Crippen LogP contribution in [0.3, 0.4) is 0 Å². The summed E-state index contributed by atoms with van der Waals surface area (Å²) in [6.45, 7) is -0.542. The fraction of sp³-hybridized carbons (Fsp3) is 0.105. The second-order valence-electron chi connectivity index (χ2n) is 5.97. The van der Waals surface area contributed by atoms with Crippen molar-refractivity contribution < 1.29 is 21.6 Å². The number of nitrogens with one attached hydrogen (secondary N) is 1. The summed E-state index contributed by atoms with van der Waals surface area (Å²) in [5.41, 5.74) is -1.91. The van der Waals surface area contributed by atoms with Gasteiger partial charge in [-0.15, -0.1) is 6.42 Å². The molecule has 11 heteroatoms. The molecule has 0 saturated heterocycles. The van der Waals surface area contributed by atoms with E-state index < -0.39 is 39.8 Å². The van der Waals surface area contributed by atoms with E-state index in [4.69, 9.17) is 29.6 Å². The summed E-state index contributed by atoms with van der Waals surface area (Å²) in [4.78, 5) is -0.154. The molecule has 1 aromatic heterocycles. The topological polar surface area (TPSA) is 64.0 Å². The van der Waals surface area contributed by atoms with Crippen LogP contribution in [0.1, 0.15) is 5.69 Å². The second kappa shape index (κ2) is 8.22. The molecule has 0 fully saturated rings. The Balaban J connectivity index is 2.28. The van der Waals surface area contributed by atoms with Gasteiger partial charge in [0.2, 0.25) is 0 Å². The van der Waals surface area contributed by atoms with Crippen molar-refractivity contribution in [2.24, 2.45) is 0 Å². The predicted octanol–water partition coefficient (Wildman–Crippen LogP) is 5.31. The minimum absolute atomic E-state index is 0.109. The first-order valence-corrected chi connectivity index (χ1v) is 10.4. The van der Waals surface area contributed by atoms with Crippen molar-refractivity contribution in [1.82, 2.24) is 9.78 Å². The average Bonchev–Trinajstić information content (AvgIpc) is 3.00. The summed E-state index contributed by atoms with van der Waals surface area (Å²) >= 11 is 12.0. The third-order valence-electron chi connectivity index (χ3n) is 3.95. The van der Waals surface area contributed by atoms with E-state index >= 15 is 0 Å². The van der Waals surface area contributed by atoms with Crippen LogP contribution in [0.4, 0.5) is 19.0 Å². The zero-order chi connectivity index (χ0) is 22.1. The van der Waals surface area contributed by atoms with Gasteiger partial charge >= 0.3 is 6.18 Å². The third kappa shape index (κ3) is 4.41. The van der Waals surface area contributed by atoms with Crippen molar-refractivity contribution in [2.45, 2.75) is 17.6 Å². The van der Waals surface area contributed by atoms with Gasteiger partial charge < -0.3 is 0 Å². The van der Waals surface area contributed by atoms with Crippen molar-refractivity contribution in [3.63, 3.8) is 0 Å². The molecule has 0 aliphatic rings. The average molecular weight is 474 g/mol. The van der Waals surface area contributed by atoms with E-state index in [9.17, 15) is 21.6 Å². The maximum Gasteiger partial charge on any atom is 0.433 e. The van der Waals surface area contributed by atoms with Gasteiger partial charge in [0.1, 0.15) is 6.54 Å². The van der Waals surface area contributed by atoms with Crippen molar-refractivity contribution in [3.8, 4) is 23.5 Å². The highest BCUT2D eigenvalue weighted by atomic mass is 35.5. The number of rotatable bonds is 5. The Hall–Kier alpha value is -2.67. The van der Waals surface area contributed by atoms with Crippen LogP contribution in [-0.2, 0) is 22.7 Å². The standard InChI is InChI=1S/C19H12Cl2F3N3O2S/c1-2-10-27-17(19(22,23)24)16(14-9-8-12(20)11-15(14)21)18(25-27)26-30(28,29)13-6-4-3-5-7-13/h1,3-9,11H,10H2,(H,25,26). The summed E-state index contributed by atoms with van der Waals surface area (Å²) in [5, 5.41) is 3.87. The zero-order valence-corrected chi connectivity index (χ0v) is 17.2. The van der Waals surface area contributed by atoms with E-state index in [-0.39, 0.29) is 20.5 Å². The monoisotopic (exact) mass is 473 g/mol. The predicted molar refractivity (Wildman–Crippen MR) is 109 cm³/mol. The first-order chi connectivity index (χ1) is 14.0. The van der Waals surface area contributed by atoms with Gasteiger partial charge in [0, 0.05) is 10.6 Å². The van der Waals surface area contributed by atoms with Crippen LogP contribution in [-0.4, -0.2) is 18.2 Å². The summed E-state index contributed by atoms with van der Waals surface area (Å²) < 4.78 is 69.8. The number of nitrogens with zero attached hydrogens (tertiary/aromatic N) is 2. The van der Waals surface area contributed by atoms with E-state index in [1.165, 1.54) is 42.5 Å². The largest absolute Gasteiger partial charge is 0.433 e. The Kier molecular flexibility index (Phi) is 6.04. The van der Waals surface area contributed by atoms with E-state index in [0.717, 1.165) is 0 Å². The van der Waals surface area contributed by atoms with Gasteiger partial charge in [0.25, 0.3) is 10.0 Å². The van der Waals surface area contributed by atoms with Gasteiger partial charge in [0.05, 0.1) is 15.5 Å². The number of hydrogen-bond acceptors (Lipinski definition) is 3. The third-order valence-corrected chi connectivity index (χ3v) is 5.85. The SMILES string of the molecule is C#CCn1nc(NS(=O)(=O)c2ccccc2)c(-c2ccc(Cl)cc2Cl)c1C(F)(F)F. The van der Waals surface area contributed by atoms with Crippen molar-refractivity contribution >= 4 is 39.0 Å². The molecule has 0 saturated carbocycles. The Bertz CT molecular complexity index is 1230. The number of alkyl halides is 3. The van der Waals surface area contributed by atoms with Crippen LogP contribution in [0, 0.1) is 12.3 Å². The molecule has 0 atom stereocenters. The van der Waals surface area contributed by atoms with Crippen LogP contribution in [0.2, 0.25) is 10.0 Å². The van der Waals surface area contributed by atoms with Gasteiger partial charge in [-0.2, -0.15) is 18.3 Å². The molecular formula is C19H12Cl2F3N3O2S. The first-order valence-electron chi connectivity index (χ1n) is 8.19. The summed E-state index contributed by atoms with van der Waals surface area (Å²) in [5.74, 6) is 1.51. The Morgan fingerprint density at radius 2 is 1.80 bits per heavy atom. The molecule has 0 aliphatic carbocycles. The van der Waals surface area contributed by atoms with Crippen LogP contribution >= 0.6 is 23.2 Å². The highest BCUT2D eigenvalue weighted by Crippen LogP contribution is 2.44. The molecule has 3 rings (SSSR count). The van der Waals surface area contributed by atoms with Crippen molar-refractivity contribution in [2.75, 3.05) is 4.72 Å². The molecule has 1 heterocycles. The molecule has 0 unspecified atom stereocenters. The molecule has 156 valence electrons.